The number of hydrogen-bond donors (Lipinski definition) is 0. The molecule has 2 aromatic carbocycles. The van der Waals surface area contributed by atoms with Crippen LogP contribution in [0.5, 0.6) is 0 Å². The van der Waals surface area contributed by atoms with Crippen LogP contribution < -0.4 is 4.57 Å². The number of nitrogens with zero attached hydrogens (tertiary/aromatic N) is 1. The number of hydrogen-bond acceptors (Lipinski definition) is 0. The minimum Gasteiger partial charge on any atom is -0.198 e. The van der Waals surface area contributed by atoms with Crippen LogP contribution in [-0.2, 0) is 18.4 Å². The zero-order valence-electron chi connectivity index (χ0n) is 18.4. The first kappa shape index (κ1) is 20.6. The van der Waals surface area contributed by atoms with E-state index in [-0.39, 0.29) is 5.41 Å². The molecule has 0 spiro atoms. The first-order chi connectivity index (χ1) is 13.6. The van der Waals surface area contributed by atoms with Gasteiger partial charge in [-0.15, -0.1) is 0 Å². The zero-order valence-corrected chi connectivity index (χ0v) is 18.4. The second kappa shape index (κ2) is 8.90. The van der Waals surface area contributed by atoms with E-state index in [4.69, 9.17) is 0 Å². The van der Waals surface area contributed by atoms with Gasteiger partial charge in [-0.2, -0.15) is 4.57 Å². The molecule has 0 N–H and O–H groups in total. The standard InChI is InChI=1S/C27H36N/c1-6-10-13-21-16-17-23-22(20-21)18-19-28(9-4)26(23)24-14-11-12-15-25(24)27(5,7-2)8-3/h11-12,14-20H,6-10,13H2,1-5H3/q+1. The molecule has 3 aromatic rings. The van der Waals surface area contributed by atoms with Gasteiger partial charge in [0.1, 0.15) is 6.54 Å². The zero-order chi connectivity index (χ0) is 20.1. The van der Waals surface area contributed by atoms with Crippen LogP contribution in [0.15, 0.2) is 54.7 Å². The summed E-state index contributed by atoms with van der Waals surface area (Å²) in [5, 5.41) is 2.73. The Morgan fingerprint density at radius 1 is 0.893 bits per heavy atom. The van der Waals surface area contributed by atoms with Crippen molar-refractivity contribution in [3.63, 3.8) is 0 Å². The van der Waals surface area contributed by atoms with Gasteiger partial charge in [0, 0.05) is 6.07 Å². The highest BCUT2D eigenvalue weighted by Crippen LogP contribution is 2.39. The highest BCUT2D eigenvalue weighted by Gasteiger charge is 2.29. The molecule has 1 nitrogen and oxygen atoms in total. The van der Waals surface area contributed by atoms with Crippen LogP contribution in [0.4, 0.5) is 0 Å². The van der Waals surface area contributed by atoms with Crippen LogP contribution in [-0.4, -0.2) is 0 Å². The summed E-state index contributed by atoms with van der Waals surface area (Å²) in [7, 11) is 0. The van der Waals surface area contributed by atoms with Crippen molar-refractivity contribution in [1.82, 2.24) is 0 Å². The predicted octanol–water partition coefficient (Wildman–Crippen LogP) is 7.23. The Morgan fingerprint density at radius 3 is 2.32 bits per heavy atom. The molecule has 0 unspecified atom stereocenters. The summed E-state index contributed by atoms with van der Waals surface area (Å²) in [6, 6.07) is 18.4. The van der Waals surface area contributed by atoms with E-state index >= 15 is 0 Å². The van der Waals surface area contributed by atoms with Crippen molar-refractivity contribution in [2.45, 2.75) is 78.7 Å². The predicted molar refractivity (Wildman–Crippen MR) is 122 cm³/mol. The van der Waals surface area contributed by atoms with Crippen LogP contribution in [0.1, 0.15) is 71.4 Å². The van der Waals surface area contributed by atoms with Crippen LogP contribution >= 0.6 is 0 Å². The second-order valence-corrected chi connectivity index (χ2v) is 8.29. The van der Waals surface area contributed by atoms with Gasteiger partial charge in [-0.3, -0.25) is 0 Å². The van der Waals surface area contributed by atoms with Crippen molar-refractivity contribution < 1.29 is 4.57 Å². The lowest BCUT2D eigenvalue weighted by Crippen LogP contribution is -2.35. The fourth-order valence-electron chi connectivity index (χ4n) is 4.31. The van der Waals surface area contributed by atoms with Crippen molar-refractivity contribution in [2.75, 3.05) is 0 Å². The summed E-state index contributed by atoms with van der Waals surface area (Å²) in [6.45, 7) is 12.5. The quantitative estimate of drug-likeness (QED) is 0.366. The first-order valence-corrected chi connectivity index (χ1v) is 11.1. The maximum absolute atomic E-state index is 2.42. The molecule has 0 bridgehead atoms. The van der Waals surface area contributed by atoms with E-state index in [2.05, 4.69) is 93.9 Å². The average molecular weight is 375 g/mol. The third kappa shape index (κ3) is 3.85. The number of pyridine rings is 1. The van der Waals surface area contributed by atoms with Crippen molar-refractivity contribution in [1.29, 1.82) is 0 Å². The monoisotopic (exact) mass is 374 g/mol. The normalized spacial score (nSPS) is 11.9. The summed E-state index contributed by atoms with van der Waals surface area (Å²) in [6.07, 6.45) is 8.25. The highest BCUT2D eigenvalue weighted by atomic mass is 14.9. The lowest BCUT2D eigenvalue weighted by molar-refractivity contribution is -0.681. The molecule has 0 radical (unpaired) electrons. The SMILES string of the molecule is CCCCc1ccc2c(-c3ccccc3C(C)(CC)CC)[n+](CC)ccc2c1. The van der Waals surface area contributed by atoms with Crippen molar-refractivity contribution in [3.8, 4) is 11.3 Å². The van der Waals surface area contributed by atoms with E-state index in [1.54, 1.807) is 0 Å². The third-order valence-corrected chi connectivity index (χ3v) is 6.65. The lowest BCUT2D eigenvalue weighted by Gasteiger charge is -2.29. The van der Waals surface area contributed by atoms with Crippen molar-refractivity contribution in [3.05, 3.63) is 65.9 Å². The lowest BCUT2D eigenvalue weighted by atomic mass is 9.75. The molecule has 0 saturated carbocycles. The number of unbranched alkanes of at least 4 members (excludes halogenated alkanes) is 1. The third-order valence-electron chi connectivity index (χ3n) is 6.65. The minimum atomic E-state index is 0.200. The molecule has 0 saturated heterocycles. The molecule has 148 valence electrons. The van der Waals surface area contributed by atoms with E-state index < -0.39 is 0 Å². The van der Waals surface area contributed by atoms with Crippen LogP contribution in [0.25, 0.3) is 22.0 Å². The Kier molecular flexibility index (Phi) is 6.54. The van der Waals surface area contributed by atoms with Crippen LogP contribution in [0.3, 0.4) is 0 Å². The van der Waals surface area contributed by atoms with Gasteiger partial charge in [-0.25, -0.2) is 0 Å². The van der Waals surface area contributed by atoms with Gasteiger partial charge in [0.15, 0.2) is 6.20 Å². The van der Waals surface area contributed by atoms with Crippen LogP contribution in [0, 0.1) is 0 Å². The summed E-state index contributed by atoms with van der Waals surface area (Å²) >= 11 is 0. The van der Waals surface area contributed by atoms with Gasteiger partial charge in [-0.1, -0.05) is 64.4 Å². The van der Waals surface area contributed by atoms with E-state index in [1.807, 2.05) is 0 Å². The highest BCUT2D eigenvalue weighted by molar-refractivity contribution is 5.94. The molecule has 3 rings (SSSR count). The summed E-state index contributed by atoms with van der Waals surface area (Å²) in [4.78, 5) is 0. The van der Waals surface area contributed by atoms with Gasteiger partial charge < -0.3 is 0 Å². The molecule has 28 heavy (non-hydrogen) atoms. The fourth-order valence-corrected chi connectivity index (χ4v) is 4.31. The molecular weight excluding hydrogens is 338 g/mol. The topological polar surface area (TPSA) is 3.88 Å². The molecule has 0 aliphatic carbocycles. The molecule has 0 fully saturated rings. The fraction of sp³-hybridized carbons (Fsp3) is 0.444. The smallest absolute Gasteiger partial charge is 0.198 e. The molecule has 0 amide bonds. The van der Waals surface area contributed by atoms with Crippen molar-refractivity contribution in [2.24, 2.45) is 0 Å². The van der Waals surface area contributed by atoms with E-state index in [0.29, 0.717) is 0 Å². The number of aryl methyl sites for hydroxylation is 2. The summed E-state index contributed by atoms with van der Waals surface area (Å²) in [5.74, 6) is 0. The molecule has 0 atom stereocenters. The van der Waals surface area contributed by atoms with Gasteiger partial charge in [0.2, 0.25) is 5.69 Å². The number of fused-ring (bicyclic) bond motifs is 1. The number of rotatable bonds is 8. The van der Waals surface area contributed by atoms with E-state index in [9.17, 15) is 0 Å². The molecule has 1 heterocycles. The first-order valence-electron chi connectivity index (χ1n) is 11.1. The second-order valence-electron chi connectivity index (χ2n) is 8.29. The summed E-state index contributed by atoms with van der Waals surface area (Å²) < 4.78 is 2.42. The van der Waals surface area contributed by atoms with Gasteiger partial charge in [0.25, 0.3) is 0 Å². The molecule has 0 aliphatic heterocycles. The maximum Gasteiger partial charge on any atom is 0.220 e. The van der Waals surface area contributed by atoms with E-state index in [1.165, 1.54) is 52.4 Å². The Bertz CT molecular complexity index is 934. The summed E-state index contributed by atoms with van der Waals surface area (Å²) in [5.41, 5.74) is 5.89. The molecule has 1 aromatic heterocycles. The van der Waals surface area contributed by atoms with Gasteiger partial charge in [-0.05, 0) is 66.7 Å². The van der Waals surface area contributed by atoms with Crippen LogP contribution in [0.2, 0.25) is 0 Å². The van der Waals surface area contributed by atoms with Gasteiger partial charge >= 0.3 is 0 Å². The Balaban J connectivity index is 2.25. The average Bonchev–Trinajstić information content (AvgIpc) is 2.76. The minimum absolute atomic E-state index is 0.200. The molecule has 1 heteroatoms. The Morgan fingerprint density at radius 2 is 1.64 bits per heavy atom. The largest absolute Gasteiger partial charge is 0.220 e. The number of aromatic nitrogens is 1. The van der Waals surface area contributed by atoms with Crippen molar-refractivity contribution >= 4 is 10.8 Å². The molecule has 0 aliphatic rings. The van der Waals surface area contributed by atoms with E-state index in [0.717, 1.165) is 19.4 Å². The maximum atomic E-state index is 2.42. The Hall–Kier alpha value is -2.15. The Labute approximate surface area is 171 Å². The number of benzene rings is 2. The van der Waals surface area contributed by atoms with Gasteiger partial charge in [0.05, 0.1) is 10.9 Å². The molecular formula is C27H36N+.